The fourth-order valence-corrected chi connectivity index (χ4v) is 1.62. The number of carbonyl (C=O) groups excluding carboxylic acids is 1. The largest absolute Gasteiger partial charge is 0.508 e. The van der Waals surface area contributed by atoms with E-state index in [2.05, 4.69) is 5.32 Å². The number of benzene rings is 2. The Bertz CT molecular complexity index is 663. The van der Waals surface area contributed by atoms with E-state index in [1.54, 1.807) is 6.92 Å². The van der Waals surface area contributed by atoms with E-state index in [4.69, 9.17) is 0 Å². The van der Waals surface area contributed by atoms with Gasteiger partial charge in [-0.05, 0) is 42.8 Å². The van der Waals surface area contributed by atoms with Gasteiger partial charge in [-0.15, -0.1) is 0 Å². The lowest BCUT2D eigenvalue weighted by atomic mass is 10.1. The van der Waals surface area contributed by atoms with E-state index in [0.717, 1.165) is 0 Å². The van der Waals surface area contributed by atoms with Crippen LogP contribution in [0.2, 0.25) is 0 Å². The number of halogens is 3. The monoisotopic (exact) mass is 281 g/mol. The second kappa shape index (κ2) is 5.24. The van der Waals surface area contributed by atoms with Gasteiger partial charge in [0.05, 0.1) is 0 Å². The molecule has 0 spiro atoms. The standard InChI is InChI=1S/C14H10F3NO2/c1-7-4-9(2-3-12(7)19)18-14(20)8-5-10(15)13(17)11(16)6-8/h2-6,19H,1H3,(H,18,20). The first-order chi connectivity index (χ1) is 9.38. The third-order valence-electron chi connectivity index (χ3n) is 2.70. The second-order valence-corrected chi connectivity index (χ2v) is 4.21. The Morgan fingerprint density at radius 2 is 1.70 bits per heavy atom. The summed E-state index contributed by atoms with van der Waals surface area (Å²) in [4.78, 5) is 11.8. The van der Waals surface area contributed by atoms with Crippen molar-refractivity contribution in [3.63, 3.8) is 0 Å². The van der Waals surface area contributed by atoms with Gasteiger partial charge in [-0.25, -0.2) is 13.2 Å². The van der Waals surface area contributed by atoms with E-state index in [-0.39, 0.29) is 11.3 Å². The van der Waals surface area contributed by atoms with Crippen molar-refractivity contribution in [2.24, 2.45) is 0 Å². The average Bonchev–Trinajstić information content (AvgIpc) is 2.39. The number of phenols is 1. The molecule has 0 saturated carbocycles. The quantitative estimate of drug-likeness (QED) is 0.655. The zero-order valence-electron chi connectivity index (χ0n) is 10.4. The normalized spacial score (nSPS) is 10.4. The number of hydrogen-bond acceptors (Lipinski definition) is 2. The molecule has 0 aliphatic heterocycles. The van der Waals surface area contributed by atoms with Crippen molar-refractivity contribution in [2.45, 2.75) is 6.92 Å². The molecule has 0 saturated heterocycles. The molecule has 0 fully saturated rings. The molecule has 2 aromatic rings. The van der Waals surface area contributed by atoms with E-state index in [1.165, 1.54) is 18.2 Å². The summed E-state index contributed by atoms with van der Waals surface area (Å²) >= 11 is 0. The number of rotatable bonds is 2. The zero-order valence-corrected chi connectivity index (χ0v) is 10.4. The molecular weight excluding hydrogens is 271 g/mol. The molecule has 1 amide bonds. The molecule has 2 rings (SSSR count). The van der Waals surface area contributed by atoms with Gasteiger partial charge in [0, 0.05) is 11.3 Å². The Morgan fingerprint density at radius 1 is 1.10 bits per heavy atom. The zero-order chi connectivity index (χ0) is 14.9. The molecule has 104 valence electrons. The summed E-state index contributed by atoms with van der Waals surface area (Å²) in [5.74, 6) is -5.22. The van der Waals surface area contributed by atoms with E-state index < -0.39 is 23.4 Å². The molecule has 0 heterocycles. The Morgan fingerprint density at radius 3 is 2.25 bits per heavy atom. The van der Waals surface area contributed by atoms with Crippen LogP contribution >= 0.6 is 0 Å². The van der Waals surface area contributed by atoms with Crippen molar-refractivity contribution in [1.82, 2.24) is 0 Å². The van der Waals surface area contributed by atoms with Crippen LogP contribution in [0.15, 0.2) is 30.3 Å². The van der Waals surface area contributed by atoms with Gasteiger partial charge in [0.15, 0.2) is 17.5 Å². The van der Waals surface area contributed by atoms with Crippen LogP contribution in [0.3, 0.4) is 0 Å². The highest BCUT2D eigenvalue weighted by molar-refractivity contribution is 6.04. The highest BCUT2D eigenvalue weighted by Gasteiger charge is 2.15. The predicted molar refractivity (Wildman–Crippen MR) is 67.1 cm³/mol. The summed E-state index contributed by atoms with van der Waals surface area (Å²) in [6.07, 6.45) is 0. The van der Waals surface area contributed by atoms with Crippen molar-refractivity contribution in [3.05, 3.63) is 58.9 Å². The van der Waals surface area contributed by atoms with Crippen LogP contribution in [0.4, 0.5) is 18.9 Å². The predicted octanol–water partition coefficient (Wildman–Crippen LogP) is 3.37. The van der Waals surface area contributed by atoms with Crippen LogP contribution in [-0.2, 0) is 0 Å². The minimum absolute atomic E-state index is 0.0573. The lowest BCUT2D eigenvalue weighted by Crippen LogP contribution is -2.13. The number of anilines is 1. The maximum absolute atomic E-state index is 13.0. The lowest BCUT2D eigenvalue weighted by Gasteiger charge is -2.07. The van der Waals surface area contributed by atoms with Gasteiger partial charge in [-0.3, -0.25) is 4.79 Å². The maximum Gasteiger partial charge on any atom is 0.255 e. The summed E-state index contributed by atoms with van der Waals surface area (Å²) in [6.45, 7) is 1.63. The number of aryl methyl sites for hydroxylation is 1. The minimum Gasteiger partial charge on any atom is -0.508 e. The lowest BCUT2D eigenvalue weighted by molar-refractivity contribution is 0.102. The SMILES string of the molecule is Cc1cc(NC(=O)c2cc(F)c(F)c(F)c2)ccc1O. The highest BCUT2D eigenvalue weighted by atomic mass is 19.2. The number of carbonyl (C=O) groups is 1. The molecule has 2 aromatic carbocycles. The van der Waals surface area contributed by atoms with Crippen LogP contribution < -0.4 is 5.32 Å². The fourth-order valence-electron chi connectivity index (χ4n) is 1.62. The summed E-state index contributed by atoms with van der Waals surface area (Å²) in [5, 5.41) is 11.7. The molecule has 3 nitrogen and oxygen atoms in total. The molecule has 2 N–H and O–H groups in total. The second-order valence-electron chi connectivity index (χ2n) is 4.21. The molecule has 0 radical (unpaired) electrons. The third kappa shape index (κ3) is 2.74. The molecule has 0 unspecified atom stereocenters. The van der Waals surface area contributed by atoms with Crippen LogP contribution in [0.1, 0.15) is 15.9 Å². The Hall–Kier alpha value is -2.50. The minimum atomic E-state index is -1.62. The summed E-state index contributed by atoms with van der Waals surface area (Å²) in [7, 11) is 0. The highest BCUT2D eigenvalue weighted by Crippen LogP contribution is 2.21. The van der Waals surface area contributed by atoms with Crippen molar-refractivity contribution in [3.8, 4) is 5.75 Å². The Labute approximate surface area is 112 Å². The smallest absolute Gasteiger partial charge is 0.255 e. The van der Waals surface area contributed by atoms with Gasteiger partial charge in [0.2, 0.25) is 0 Å². The van der Waals surface area contributed by atoms with Crippen LogP contribution in [0.25, 0.3) is 0 Å². The number of phenolic OH excluding ortho intramolecular Hbond substituents is 1. The van der Waals surface area contributed by atoms with E-state index in [9.17, 15) is 23.1 Å². The summed E-state index contributed by atoms with van der Waals surface area (Å²) in [5.41, 5.74) is 0.529. The summed E-state index contributed by atoms with van der Waals surface area (Å²) < 4.78 is 38.8. The molecular formula is C14H10F3NO2. The topological polar surface area (TPSA) is 49.3 Å². The molecule has 0 aromatic heterocycles. The number of nitrogens with one attached hydrogen (secondary N) is 1. The van der Waals surface area contributed by atoms with Crippen molar-refractivity contribution < 1.29 is 23.1 Å². The van der Waals surface area contributed by atoms with E-state index in [1.807, 2.05) is 0 Å². The molecule has 0 atom stereocenters. The van der Waals surface area contributed by atoms with Gasteiger partial charge in [-0.2, -0.15) is 0 Å². The van der Waals surface area contributed by atoms with Crippen LogP contribution in [0, 0.1) is 24.4 Å². The first kappa shape index (κ1) is 13.9. The average molecular weight is 281 g/mol. The molecule has 6 heteroatoms. The number of amides is 1. The third-order valence-corrected chi connectivity index (χ3v) is 2.70. The van der Waals surface area contributed by atoms with Gasteiger partial charge < -0.3 is 10.4 Å². The number of hydrogen-bond donors (Lipinski definition) is 2. The molecule has 20 heavy (non-hydrogen) atoms. The Kier molecular flexibility index (Phi) is 3.65. The first-order valence-corrected chi connectivity index (χ1v) is 5.64. The van der Waals surface area contributed by atoms with Gasteiger partial charge in [-0.1, -0.05) is 0 Å². The van der Waals surface area contributed by atoms with Gasteiger partial charge >= 0.3 is 0 Å². The Balaban J connectivity index is 2.26. The van der Waals surface area contributed by atoms with E-state index >= 15 is 0 Å². The number of aromatic hydroxyl groups is 1. The molecule has 0 aliphatic rings. The van der Waals surface area contributed by atoms with Crippen molar-refractivity contribution in [1.29, 1.82) is 0 Å². The van der Waals surface area contributed by atoms with Gasteiger partial charge in [0.25, 0.3) is 5.91 Å². The van der Waals surface area contributed by atoms with E-state index in [0.29, 0.717) is 23.4 Å². The summed E-state index contributed by atoms with van der Waals surface area (Å²) in [6, 6.07) is 5.51. The fraction of sp³-hybridized carbons (Fsp3) is 0.0714. The van der Waals surface area contributed by atoms with Crippen LogP contribution in [-0.4, -0.2) is 11.0 Å². The van der Waals surface area contributed by atoms with Crippen LogP contribution in [0.5, 0.6) is 5.75 Å². The molecule has 0 bridgehead atoms. The first-order valence-electron chi connectivity index (χ1n) is 5.64. The van der Waals surface area contributed by atoms with Crippen molar-refractivity contribution in [2.75, 3.05) is 5.32 Å². The van der Waals surface area contributed by atoms with Crippen molar-refractivity contribution >= 4 is 11.6 Å². The van der Waals surface area contributed by atoms with Gasteiger partial charge in [0.1, 0.15) is 5.75 Å². The molecule has 0 aliphatic carbocycles. The maximum atomic E-state index is 13.0.